The highest BCUT2D eigenvalue weighted by Gasteiger charge is 2.05. The zero-order valence-electron chi connectivity index (χ0n) is 11.8. The molecule has 2 N–H and O–H groups in total. The molecule has 0 atom stereocenters. The highest BCUT2D eigenvalue weighted by atomic mass is 32.2. The molecule has 0 unspecified atom stereocenters. The van der Waals surface area contributed by atoms with Crippen molar-refractivity contribution in [3.8, 4) is 11.5 Å². The first-order valence-corrected chi connectivity index (χ1v) is 7.49. The van der Waals surface area contributed by atoms with E-state index in [0.29, 0.717) is 6.61 Å². The van der Waals surface area contributed by atoms with Gasteiger partial charge in [0.2, 0.25) is 0 Å². The monoisotopic (exact) mass is 289 g/mol. The summed E-state index contributed by atoms with van der Waals surface area (Å²) in [6, 6.07) is 13.8. The number of ether oxygens (including phenoxy) is 2. The maximum atomic E-state index is 5.85. The molecule has 0 saturated carbocycles. The summed E-state index contributed by atoms with van der Waals surface area (Å²) in [6.07, 6.45) is 0. The van der Waals surface area contributed by atoms with Crippen molar-refractivity contribution in [3.63, 3.8) is 0 Å². The molecule has 0 saturated heterocycles. The molecule has 0 amide bonds. The van der Waals surface area contributed by atoms with Crippen LogP contribution in [0.5, 0.6) is 11.5 Å². The molecule has 2 aromatic carbocycles. The molecule has 0 aliphatic carbocycles. The lowest BCUT2D eigenvalue weighted by atomic mass is 10.2. The number of anilines is 1. The first-order chi connectivity index (χ1) is 9.72. The van der Waals surface area contributed by atoms with Crippen LogP contribution < -0.4 is 15.2 Å². The summed E-state index contributed by atoms with van der Waals surface area (Å²) in [4.78, 5) is 1.19. The molecule has 0 fully saturated rings. The summed E-state index contributed by atoms with van der Waals surface area (Å²) in [6.45, 7) is 2.64. The molecule has 2 rings (SSSR count). The van der Waals surface area contributed by atoms with Crippen molar-refractivity contribution < 1.29 is 9.47 Å². The zero-order valence-corrected chi connectivity index (χ0v) is 12.6. The number of rotatable bonds is 6. The molecule has 3 nitrogen and oxygen atoms in total. The summed E-state index contributed by atoms with van der Waals surface area (Å²) in [7, 11) is 1.67. The number of hydrogen-bond donors (Lipinski definition) is 1. The maximum absolute atomic E-state index is 5.85. The number of hydrogen-bond acceptors (Lipinski definition) is 4. The summed E-state index contributed by atoms with van der Waals surface area (Å²) in [5, 5.41) is 0. The number of methoxy groups -OCH3 is 1. The molecule has 0 radical (unpaired) electrons. The molecule has 4 heteroatoms. The largest absolute Gasteiger partial charge is 0.497 e. The first kappa shape index (κ1) is 14.6. The lowest BCUT2D eigenvalue weighted by molar-refractivity contribution is 0.337. The Balaban J connectivity index is 2.07. The molecule has 20 heavy (non-hydrogen) atoms. The second-order valence-corrected chi connectivity index (χ2v) is 5.31. The van der Waals surface area contributed by atoms with Crippen molar-refractivity contribution in [1.82, 2.24) is 0 Å². The van der Waals surface area contributed by atoms with Gasteiger partial charge in [-0.1, -0.05) is 0 Å². The van der Waals surface area contributed by atoms with Gasteiger partial charge in [0.1, 0.15) is 11.5 Å². The predicted molar refractivity (Wildman–Crippen MR) is 84.6 cm³/mol. The average Bonchev–Trinajstić information content (AvgIpc) is 2.48. The van der Waals surface area contributed by atoms with Crippen LogP contribution in [0, 0.1) is 0 Å². The Labute approximate surface area is 124 Å². The molecule has 0 aromatic heterocycles. The van der Waals surface area contributed by atoms with E-state index in [0.717, 1.165) is 28.5 Å². The van der Waals surface area contributed by atoms with E-state index >= 15 is 0 Å². The van der Waals surface area contributed by atoms with Crippen LogP contribution in [0.15, 0.2) is 47.4 Å². The Bertz CT molecular complexity index is 555. The Morgan fingerprint density at radius 1 is 1.10 bits per heavy atom. The van der Waals surface area contributed by atoms with Crippen LogP contribution in [-0.4, -0.2) is 13.7 Å². The van der Waals surface area contributed by atoms with Crippen LogP contribution in [0.1, 0.15) is 12.5 Å². The third-order valence-electron chi connectivity index (χ3n) is 2.84. The van der Waals surface area contributed by atoms with Crippen LogP contribution in [0.2, 0.25) is 0 Å². The van der Waals surface area contributed by atoms with Crippen molar-refractivity contribution in [2.45, 2.75) is 17.6 Å². The number of nitrogen functional groups attached to an aromatic ring is 1. The van der Waals surface area contributed by atoms with E-state index < -0.39 is 0 Å². The molecular formula is C16H19NO2S. The van der Waals surface area contributed by atoms with Gasteiger partial charge in [0.15, 0.2) is 0 Å². The molecule has 0 spiro atoms. The summed E-state index contributed by atoms with van der Waals surface area (Å²) >= 11 is 1.75. The fourth-order valence-electron chi connectivity index (χ4n) is 1.84. The van der Waals surface area contributed by atoms with Crippen molar-refractivity contribution in [2.75, 3.05) is 19.5 Å². The second kappa shape index (κ2) is 7.10. The van der Waals surface area contributed by atoms with Crippen molar-refractivity contribution in [1.29, 1.82) is 0 Å². The molecular weight excluding hydrogens is 270 g/mol. The van der Waals surface area contributed by atoms with Crippen LogP contribution in [0.3, 0.4) is 0 Å². The van der Waals surface area contributed by atoms with Gasteiger partial charge in [-0.25, -0.2) is 0 Å². The lowest BCUT2D eigenvalue weighted by Crippen LogP contribution is -1.97. The van der Waals surface area contributed by atoms with Gasteiger partial charge in [0.05, 0.1) is 13.7 Å². The Hall–Kier alpha value is -1.81. The van der Waals surface area contributed by atoms with Crippen LogP contribution in [-0.2, 0) is 5.75 Å². The highest BCUT2D eigenvalue weighted by Crippen LogP contribution is 2.30. The van der Waals surface area contributed by atoms with Gasteiger partial charge < -0.3 is 15.2 Å². The fraction of sp³-hybridized carbons (Fsp3) is 0.250. The smallest absolute Gasteiger partial charge is 0.123 e. The summed E-state index contributed by atoms with van der Waals surface area (Å²) < 4.78 is 10.8. The lowest BCUT2D eigenvalue weighted by Gasteiger charge is -2.11. The quantitative estimate of drug-likeness (QED) is 0.645. The topological polar surface area (TPSA) is 44.5 Å². The molecule has 0 aliphatic heterocycles. The summed E-state index contributed by atoms with van der Waals surface area (Å²) in [5.74, 6) is 2.60. The average molecular weight is 289 g/mol. The molecule has 2 aromatic rings. The normalized spacial score (nSPS) is 10.3. The third kappa shape index (κ3) is 3.84. The first-order valence-electron chi connectivity index (χ1n) is 6.51. The molecule has 0 heterocycles. The zero-order chi connectivity index (χ0) is 14.4. The molecule has 0 aliphatic rings. The van der Waals surface area contributed by atoms with E-state index in [-0.39, 0.29) is 0 Å². The number of thioether (sulfide) groups is 1. The summed E-state index contributed by atoms with van der Waals surface area (Å²) in [5.41, 5.74) is 7.73. The highest BCUT2D eigenvalue weighted by molar-refractivity contribution is 7.98. The predicted octanol–water partition coefficient (Wildman–Crippen LogP) is 3.97. The van der Waals surface area contributed by atoms with Crippen molar-refractivity contribution in [2.24, 2.45) is 0 Å². The fourth-order valence-corrected chi connectivity index (χ4v) is 2.72. The maximum Gasteiger partial charge on any atom is 0.123 e. The SMILES string of the molecule is CCOc1ccc(N)cc1CSc1ccc(OC)cc1. The minimum absolute atomic E-state index is 0.657. The van der Waals surface area contributed by atoms with Gasteiger partial charge in [0.25, 0.3) is 0 Å². The van der Waals surface area contributed by atoms with Crippen molar-refractivity contribution in [3.05, 3.63) is 48.0 Å². The van der Waals surface area contributed by atoms with E-state index in [9.17, 15) is 0 Å². The van der Waals surface area contributed by atoms with Crippen molar-refractivity contribution >= 4 is 17.4 Å². The van der Waals surface area contributed by atoms with Crippen LogP contribution in [0.4, 0.5) is 5.69 Å². The van der Waals surface area contributed by atoms with Gasteiger partial charge in [-0.05, 0) is 49.4 Å². The Kier molecular flexibility index (Phi) is 5.18. The van der Waals surface area contributed by atoms with Gasteiger partial charge >= 0.3 is 0 Å². The van der Waals surface area contributed by atoms with E-state index in [1.807, 2.05) is 37.3 Å². The minimum atomic E-state index is 0.657. The number of benzene rings is 2. The molecule has 106 valence electrons. The van der Waals surface area contributed by atoms with Gasteiger partial charge in [-0.3, -0.25) is 0 Å². The minimum Gasteiger partial charge on any atom is -0.497 e. The van der Waals surface area contributed by atoms with E-state index in [1.54, 1.807) is 18.9 Å². The standard InChI is InChI=1S/C16H19NO2S/c1-3-19-16-9-4-13(17)10-12(16)11-20-15-7-5-14(18-2)6-8-15/h4-10H,3,11,17H2,1-2H3. The van der Waals surface area contributed by atoms with Crippen LogP contribution >= 0.6 is 11.8 Å². The van der Waals surface area contributed by atoms with Gasteiger partial charge in [-0.2, -0.15) is 0 Å². The van der Waals surface area contributed by atoms with E-state index in [1.165, 1.54) is 4.90 Å². The Morgan fingerprint density at radius 3 is 2.50 bits per heavy atom. The van der Waals surface area contributed by atoms with Gasteiger partial charge in [0, 0.05) is 21.9 Å². The second-order valence-electron chi connectivity index (χ2n) is 4.26. The van der Waals surface area contributed by atoms with Crippen LogP contribution in [0.25, 0.3) is 0 Å². The number of nitrogens with two attached hydrogens (primary N) is 1. The third-order valence-corrected chi connectivity index (χ3v) is 3.90. The van der Waals surface area contributed by atoms with E-state index in [4.69, 9.17) is 15.2 Å². The molecule has 0 bridgehead atoms. The van der Waals surface area contributed by atoms with E-state index in [2.05, 4.69) is 12.1 Å². The van der Waals surface area contributed by atoms with Gasteiger partial charge in [-0.15, -0.1) is 11.8 Å². The Morgan fingerprint density at radius 2 is 1.85 bits per heavy atom.